The number of phenols is 1. The van der Waals surface area contributed by atoms with Gasteiger partial charge < -0.3 is 10.8 Å². The van der Waals surface area contributed by atoms with Crippen LogP contribution in [0.3, 0.4) is 0 Å². The lowest BCUT2D eigenvalue weighted by atomic mass is 9.96. The van der Waals surface area contributed by atoms with Gasteiger partial charge in [0.25, 0.3) is 0 Å². The zero-order valence-electron chi connectivity index (χ0n) is 10.7. The van der Waals surface area contributed by atoms with E-state index >= 15 is 0 Å². The zero-order valence-corrected chi connectivity index (χ0v) is 10.7. The Morgan fingerprint density at radius 1 is 1.15 bits per heavy atom. The molecule has 2 aromatic carbocycles. The van der Waals surface area contributed by atoms with Crippen molar-refractivity contribution in [2.24, 2.45) is 5.73 Å². The van der Waals surface area contributed by atoms with Crippen LogP contribution in [0.15, 0.2) is 36.4 Å². The number of primary amides is 1. The van der Waals surface area contributed by atoms with Crippen molar-refractivity contribution in [3.63, 3.8) is 0 Å². The van der Waals surface area contributed by atoms with Crippen LogP contribution < -0.4 is 5.73 Å². The molecule has 3 nitrogen and oxygen atoms in total. The minimum atomic E-state index is -0.768. The summed E-state index contributed by atoms with van der Waals surface area (Å²) >= 11 is 0. The van der Waals surface area contributed by atoms with Crippen LogP contribution >= 0.6 is 0 Å². The van der Waals surface area contributed by atoms with E-state index in [0.29, 0.717) is 5.56 Å². The van der Waals surface area contributed by atoms with E-state index in [9.17, 15) is 18.7 Å². The molecule has 0 fully saturated rings. The lowest BCUT2D eigenvalue weighted by Crippen LogP contribution is -2.18. The van der Waals surface area contributed by atoms with Crippen molar-refractivity contribution in [1.29, 1.82) is 0 Å². The molecule has 0 bridgehead atoms. The van der Waals surface area contributed by atoms with E-state index in [2.05, 4.69) is 0 Å². The molecule has 0 radical (unpaired) electrons. The molecule has 5 heteroatoms. The number of halogens is 2. The van der Waals surface area contributed by atoms with Crippen molar-refractivity contribution < 1.29 is 18.7 Å². The van der Waals surface area contributed by atoms with Gasteiger partial charge in [0.05, 0.1) is 5.92 Å². The SMILES string of the molecule is CC(C(N)=O)c1ccc(-c2ccc(F)cc2F)c(O)c1. The quantitative estimate of drug-likeness (QED) is 0.906. The minimum Gasteiger partial charge on any atom is -0.507 e. The van der Waals surface area contributed by atoms with Crippen LogP contribution in [0.1, 0.15) is 18.4 Å². The Balaban J connectivity index is 2.47. The summed E-state index contributed by atoms with van der Waals surface area (Å²) < 4.78 is 26.5. The number of hydrogen-bond donors (Lipinski definition) is 2. The smallest absolute Gasteiger partial charge is 0.224 e. The fourth-order valence-electron chi connectivity index (χ4n) is 1.92. The number of aromatic hydroxyl groups is 1. The number of amides is 1. The third-order valence-corrected chi connectivity index (χ3v) is 3.17. The molecule has 0 saturated heterocycles. The van der Waals surface area contributed by atoms with Crippen molar-refractivity contribution in [1.82, 2.24) is 0 Å². The molecular weight excluding hydrogens is 264 g/mol. The number of phenolic OH excluding ortho intramolecular Hbond substituents is 1. The van der Waals surface area contributed by atoms with Crippen molar-refractivity contribution >= 4 is 5.91 Å². The van der Waals surface area contributed by atoms with Crippen molar-refractivity contribution in [3.8, 4) is 16.9 Å². The summed E-state index contributed by atoms with van der Waals surface area (Å²) in [5, 5.41) is 9.96. The predicted octanol–water partition coefficient (Wildman–Crippen LogP) is 2.93. The van der Waals surface area contributed by atoms with Crippen LogP contribution in [-0.2, 0) is 4.79 Å². The van der Waals surface area contributed by atoms with Crippen LogP contribution in [0.4, 0.5) is 8.78 Å². The standard InChI is InChI=1S/C15H13F2NO2/c1-8(15(18)20)9-2-4-12(14(19)6-9)11-5-3-10(16)7-13(11)17/h2-8,19H,1H3,(H2,18,20). The maximum atomic E-state index is 13.7. The van der Waals surface area contributed by atoms with Crippen molar-refractivity contribution in [2.75, 3.05) is 0 Å². The minimum absolute atomic E-state index is 0.0854. The monoisotopic (exact) mass is 277 g/mol. The van der Waals surface area contributed by atoms with Gasteiger partial charge in [-0.25, -0.2) is 8.78 Å². The highest BCUT2D eigenvalue weighted by Gasteiger charge is 2.15. The molecule has 0 aromatic heterocycles. The molecule has 3 N–H and O–H groups in total. The van der Waals surface area contributed by atoms with Gasteiger partial charge in [-0.3, -0.25) is 4.79 Å². The first-order valence-corrected chi connectivity index (χ1v) is 5.98. The first kappa shape index (κ1) is 14.0. The molecule has 2 rings (SSSR count). The molecule has 0 aliphatic heterocycles. The topological polar surface area (TPSA) is 63.3 Å². The highest BCUT2D eigenvalue weighted by atomic mass is 19.1. The van der Waals surface area contributed by atoms with Gasteiger partial charge in [0.2, 0.25) is 5.91 Å². The second-order valence-corrected chi connectivity index (χ2v) is 4.52. The van der Waals surface area contributed by atoms with Crippen LogP contribution in [0, 0.1) is 11.6 Å². The lowest BCUT2D eigenvalue weighted by Gasteiger charge is -2.11. The van der Waals surface area contributed by atoms with E-state index in [4.69, 9.17) is 5.73 Å². The third kappa shape index (κ3) is 2.61. The third-order valence-electron chi connectivity index (χ3n) is 3.17. The maximum Gasteiger partial charge on any atom is 0.224 e. The maximum absolute atomic E-state index is 13.7. The largest absolute Gasteiger partial charge is 0.507 e. The number of hydrogen-bond acceptors (Lipinski definition) is 2. The van der Waals surface area contributed by atoms with Gasteiger partial charge in [-0.15, -0.1) is 0 Å². The van der Waals surface area contributed by atoms with Crippen LogP contribution in [-0.4, -0.2) is 11.0 Å². The zero-order chi connectivity index (χ0) is 14.9. The number of carbonyl (C=O) groups excluding carboxylic acids is 1. The Morgan fingerprint density at radius 2 is 1.80 bits per heavy atom. The number of rotatable bonds is 3. The van der Waals surface area contributed by atoms with Gasteiger partial charge in [0.15, 0.2) is 0 Å². The summed E-state index contributed by atoms with van der Waals surface area (Å²) in [6, 6.07) is 7.50. The second-order valence-electron chi connectivity index (χ2n) is 4.52. The first-order valence-electron chi connectivity index (χ1n) is 5.98. The van der Waals surface area contributed by atoms with E-state index in [0.717, 1.165) is 12.1 Å². The first-order chi connectivity index (χ1) is 9.40. The summed E-state index contributed by atoms with van der Waals surface area (Å²) in [4.78, 5) is 11.1. The molecule has 0 saturated carbocycles. The number of nitrogens with two attached hydrogens (primary N) is 1. The lowest BCUT2D eigenvalue weighted by molar-refractivity contribution is -0.119. The molecular formula is C15H13F2NO2. The summed E-state index contributed by atoms with van der Waals surface area (Å²) in [7, 11) is 0. The van der Waals surface area contributed by atoms with Gasteiger partial charge in [0.1, 0.15) is 17.4 Å². The Bertz CT molecular complexity index is 671. The van der Waals surface area contributed by atoms with Gasteiger partial charge in [-0.2, -0.15) is 0 Å². The summed E-state index contributed by atoms with van der Waals surface area (Å²) in [6.07, 6.45) is 0. The molecule has 1 amide bonds. The average Bonchev–Trinajstić information content (AvgIpc) is 2.38. The van der Waals surface area contributed by atoms with E-state index in [1.54, 1.807) is 13.0 Å². The van der Waals surface area contributed by atoms with Crippen molar-refractivity contribution in [2.45, 2.75) is 12.8 Å². The highest BCUT2D eigenvalue weighted by Crippen LogP contribution is 2.33. The summed E-state index contributed by atoms with van der Waals surface area (Å²) in [5.74, 6) is -2.74. The molecule has 0 aliphatic rings. The molecule has 0 spiro atoms. The number of benzene rings is 2. The number of carbonyl (C=O) groups is 1. The Hall–Kier alpha value is -2.43. The Labute approximate surface area is 114 Å². The van der Waals surface area contributed by atoms with E-state index in [1.807, 2.05) is 0 Å². The van der Waals surface area contributed by atoms with Crippen molar-refractivity contribution in [3.05, 3.63) is 53.6 Å². The van der Waals surface area contributed by atoms with Crippen LogP contribution in [0.25, 0.3) is 11.1 Å². The normalized spacial score (nSPS) is 12.2. The van der Waals surface area contributed by atoms with Gasteiger partial charge in [-0.1, -0.05) is 12.1 Å². The van der Waals surface area contributed by atoms with Gasteiger partial charge in [0, 0.05) is 17.2 Å². The molecule has 0 heterocycles. The summed E-state index contributed by atoms with van der Waals surface area (Å²) in [5.41, 5.74) is 6.02. The second kappa shape index (κ2) is 5.28. The highest BCUT2D eigenvalue weighted by molar-refractivity contribution is 5.82. The fourth-order valence-corrected chi connectivity index (χ4v) is 1.92. The van der Waals surface area contributed by atoms with Gasteiger partial charge >= 0.3 is 0 Å². The molecule has 1 unspecified atom stereocenters. The van der Waals surface area contributed by atoms with E-state index in [1.165, 1.54) is 18.2 Å². The van der Waals surface area contributed by atoms with Gasteiger partial charge in [-0.05, 0) is 30.7 Å². The van der Waals surface area contributed by atoms with Crippen LogP contribution in [0.5, 0.6) is 5.75 Å². The Morgan fingerprint density at radius 3 is 2.35 bits per heavy atom. The fraction of sp³-hybridized carbons (Fsp3) is 0.133. The molecule has 104 valence electrons. The summed E-state index contributed by atoms with van der Waals surface area (Å²) in [6.45, 7) is 1.61. The molecule has 2 aromatic rings. The van der Waals surface area contributed by atoms with E-state index in [-0.39, 0.29) is 16.9 Å². The average molecular weight is 277 g/mol. The van der Waals surface area contributed by atoms with Crippen LogP contribution in [0.2, 0.25) is 0 Å². The predicted molar refractivity (Wildman–Crippen MR) is 71.1 cm³/mol. The Kier molecular flexibility index (Phi) is 3.70. The molecule has 0 aliphatic carbocycles. The molecule has 1 atom stereocenters. The van der Waals surface area contributed by atoms with E-state index < -0.39 is 23.5 Å². The molecule has 20 heavy (non-hydrogen) atoms.